The van der Waals surface area contributed by atoms with Gasteiger partial charge in [0.15, 0.2) is 5.82 Å². The first-order valence-electron chi connectivity index (χ1n) is 8.01. The fourth-order valence-electron chi connectivity index (χ4n) is 3.35. The summed E-state index contributed by atoms with van der Waals surface area (Å²) in [5, 5.41) is 3.91. The maximum Gasteiger partial charge on any atom is 0.258 e. The molecule has 1 aromatic heterocycles. The van der Waals surface area contributed by atoms with Crippen molar-refractivity contribution in [2.75, 3.05) is 0 Å². The smallest absolute Gasteiger partial charge is 0.258 e. The van der Waals surface area contributed by atoms with Crippen molar-refractivity contribution in [2.45, 2.75) is 32.2 Å². The molecule has 1 aliphatic rings. The Labute approximate surface area is 135 Å². The Morgan fingerprint density at radius 3 is 2.74 bits per heavy atom. The number of rotatable bonds is 2. The summed E-state index contributed by atoms with van der Waals surface area (Å²) >= 11 is 0. The first kappa shape index (κ1) is 14.2. The minimum Gasteiger partial charge on any atom is -0.334 e. The lowest BCUT2D eigenvalue weighted by Gasteiger charge is -2.23. The summed E-state index contributed by atoms with van der Waals surface area (Å²) in [6, 6.07) is 14.9. The van der Waals surface area contributed by atoms with Crippen LogP contribution in [0.5, 0.6) is 0 Å². The zero-order chi connectivity index (χ0) is 15.8. The van der Waals surface area contributed by atoms with E-state index in [9.17, 15) is 0 Å². The number of aryl methyl sites for hydroxylation is 2. The lowest BCUT2D eigenvalue weighted by molar-refractivity contribution is 0.426. The van der Waals surface area contributed by atoms with Gasteiger partial charge in [-0.1, -0.05) is 41.6 Å². The molecule has 0 aliphatic heterocycles. The molecule has 0 spiro atoms. The molecule has 3 aromatic rings. The molecule has 4 heteroatoms. The van der Waals surface area contributed by atoms with Crippen molar-refractivity contribution in [3.05, 3.63) is 59.4 Å². The van der Waals surface area contributed by atoms with Crippen LogP contribution in [-0.4, -0.2) is 10.1 Å². The highest BCUT2D eigenvalue weighted by atomic mass is 16.5. The average molecular weight is 305 g/mol. The molecule has 1 aliphatic carbocycles. The van der Waals surface area contributed by atoms with Gasteiger partial charge in [-0.3, -0.25) is 0 Å². The van der Waals surface area contributed by atoms with Crippen LogP contribution >= 0.6 is 0 Å². The molecule has 116 valence electrons. The Morgan fingerprint density at radius 2 is 1.96 bits per heavy atom. The third kappa shape index (κ3) is 2.55. The van der Waals surface area contributed by atoms with Crippen molar-refractivity contribution in [3.8, 4) is 22.6 Å². The number of aromatic nitrogens is 2. The molecule has 0 unspecified atom stereocenters. The lowest BCUT2D eigenvalue weighted by atomic mass is 9.85. The van der Waals surface area contributed by atoms with E-state index in [1.54, 1.807) is 0 Å². The van der Waals surface area contributed by atoms with Gasteiger partial charge in [0.25, 0.3) is 5.89 Å². The zero-order valence-electron chi connectivity index (χ0n) is 13.1. The molecule has 0 fully saturated rings. The Balaban J connectivity index is 1.83. The summed E-state index contributed by atoms with van der Waals surface area (Å²) in [6.45, 7) is 1.83. The molecule has 0 saturated heterocycles. The molecule has 0 amide bonds. The van der Waals surface area contributed by atoms with Gasteiger partial charge >= 0.3 is 0 Å². The van der Waals surface area contributed by atoms with Crippen LogP contribution in [0.15, 0.2) is 47.0 Å². The molecule has 4 nitrogen and oxygen atoms in total. The van der Waals surface area contributed by atoms with Crippen LogP contribution in [0.3, 0.4) is 0 Å². The highest BCUT2D eigenvalue weighted by Crippen LogP contribution is 2.35. The molecular formula is C19H19N3O. The fourth-order valence-corrected chi connectivity index (χ4v) is 3.35. The predicted octanol–water partition coefficient (Wildman–Crippen LogP) is 4.05. The van der Waals surface area contributed by atoms with Gasteiger partial charge in [0.2, 0.25) is 0 Å². The minimum absolute atomic E-state index is 0.168. The van der Waals surface area contributed by atoms with Crippen LogP contribution in [0.1, 0.15) is 35.8 Å². The Bertz CT molecular complexity index is 853. The second kappa shape index (κ2) is 5.63. The van der Waals surface area contributed by atoms with Crippen LogP contribution < -0.4 is 5.73 Å². The standard InChI is InChI=1S/C19H19N3O/c1-12-21-19(23-22-12)17-7-3-2-6-15(17)14-9-10-16-13(11-14)5-4-8-18(16)20/h2-3,6-7,9-11,18H,4-5,8,20H2,1H3/t18-/m1/s1. The van der Waals surface area contributed by atoms with Crippen molar-refractivity contribution in [2.24, 2.45) is 5.73 Å². The molecule has 1 heterocycles. The third-order valence-corrected chi connectivity index (χ3v) is 4.50. The summed E-state index contributed by atoms with van der Waals surface area (Å²) in [7, 11) is 0. The summed E-state index contributed by atoms with van der Waals surface area (Å²) < 4.78 is 5.36. The average Bonchev–Trinajstić information content (AvgIpc) is 3.01. The summed E-state index contributed by atoms with van der Waals surface area (Å²) in [5.41, 5.74) is 12.1. The topological polar surface area (TPSA) is 64.9 Å². The largest absolute Gasteiger partial charge is 0.334 e. The molecule has 0 saturated carbocycles. The molecule has 2 N–H and O–H groups in total. The van der Waals surface area contributed by atoms with E-state index in [2.05, 4.69) is 34.4 Å². The molecule has 0 bridgehead atoms. The fraction of sp³-hybridized carbons (Fsp3) is 0.263. The van der Waals surface area contributed by atoms with Crippen LogP contribution in [0.2, 0.25) is 0 Å². The summed E-state index contributed by atoms with van der Waals surface area (Å²) in [4.78, 5) is 4.37. The maximum absolute atomic E-state index is 6.23. The quantitative estimate of drug-likeness (QED) is 0.775. The van der Waals surface area contributed by atoms with Crippen molar-refractivity contribution in [3.63, 3.8) is 0 Å². The van der Waals surface area contributed by atoms with Crippen molar-refractivity contribution in [1.82, 2.24) is 10.1 Å². The number of hydrogen-bond donors (Lipinski definition) is 1. The number of hydrogen-bond acceptors (Lipinski definition) is 4. The van der Waals surface area contributed by atoms with Crippen molar-refractivity contribution < 1.29 is 4.52 Å². The van der Waals surface area contributed by atoms with Gasteiger partial charge in [0.1, 0.15) is 0 Å². The van der Waals surface area contributed by atoms with E-state index in [0.29, 0.717) is 11.7 Å². The van der Waals surface area contributed by atoms with Crippen LogP contribution in [0.25, 0.3) is 22.6 Å². The lowest BCUT2D eigenvalue weighted by Crippen LogP contribution is -2.17. The summed E-state index contributed by atoms with van der Waals surface area (Å²) in [5.74, 6) is 1.21. The van der Waals surface area contributed by atoms with Gasteiger partial charge in [0.05, 0.1) is 0 Å². The van der Waals surface area contributed by atoms with E-state index in [0.717, 1.165) is 30.4 Å². The number of nitrogens with zero attached hydrogens (tertiary/aromatic N) is 2. The third-order valence-electron chi connectivity index (χ3n) is 4.50. The van der Waals surface area contributed by atoms with E-state index in [4.69, 9.17) is 10.3 Å². The highest BCUT2D eigenvalue weighted by Gasteiger charge is 2.18. The van der Waals surface area contributed by atoms with Crippen LogP contribution in [0, 0.1) is 6.92 Å². The first-order valence-corrected chi connectivity index (χ1v) is 8.01. The SMILES string of the molecule is Cc1noc(-c2ccccc2-c2ccc3c(c2)CCC[C@H]3N)n1. The van der Waals surface area contributed by atoms with Crippen molar-refractivity contribution >= 4 is 0 Å². The second-order valence-electron chi connectivity index (χ2n) is 6.10. The highest BCUT2D eigenvalue weighted by molar-refractivity contribution is 5.80. The van der Waals surface area contributed by atoms with E-state index < -0.39 is 0 Å². The normalized spacial score (nSPS) is 17.0. The molecule has 4 rings (SSSR count). The molecule has 0 radical (unpaired) electrons. The molecule has 1 atom stereocenters. The Morgan fingerprint density at radius 1 is 1.13 bits per heavy atom. The Hall–Kier alpha value is -2.46. The maximum atomic E-state index is 6.23. The minimum atomic E-state index is 0.168. The molecule has 2 aromatic carbocycles. The number of nitrogens with two attached hydrogens (primary N) is 1. The van der Waals surface area contributed by atoms with Crippen LogP contribution in [-0.2, 0) is 6.42 Å². The molecular weight excluding hydrogens is 286 g/mol. The van der Waals surface area contributed by atoms with Gasteiger partial charge in [-0.15, -0.1) is 0 Å². The molecule has 23 heavy (non-hydrogen) atoms. The van der Waals surface area contributed by atoms with Crippen molar-refractivity contribution in [1.29, 1.82) is 0 Å². The van der Waals surface area contributed by atoms with E-state index in [-0.39, 0.29) is 6.04 Å². The van der Waals surface area contributed by atoms with Crippen LogP contribution in [0.4, 0.5) is 0 Å². The first-order chi connectivity index (χ1) is 11.2. The van der Waals surface area contributed by atoms with E-state index in [1.165, 1.54) is 16.7 Å². The number of benzene rings is 2. The summed E-state index contributed by atoms with van der Waals surface area (Å²) in [6.07, 6.45) is 3.32. The van der Waals surface area contributed by atoms with Gasteiger partial charge in [-0.25, -0.2) is 0 Å². The van der Waals surface area contributed by atoms with Gasteiger partial charge in [0, 0.05) is 11.6 Å². The zero-order valence-corrected chi connectivity index (χ0v) is 13.1. The van der Waals surface area contributed by atoms with E-state index >= 15 is 0 Å². The van der Waals surface area contributed by atoms with Gasteiger partial charge < -0.3 is 10.3 Å². The van der Waals surface area contributed by atoms with Gasteiger partial charge in [-0.2, -0.15) is 4.98 Å². The van der Waals surface area contributed by atoms with E-state index in [1.807, 2.05) is 25.1 Å². The Kier molecular flexibility index (Phi) is 3.46. The predicted molar refractivity (Wildman–Crippen MR) is 89.8 cm³/mol. The van der Waals surface area contributed by atoms with Gasteiger partial charge in [-0.05, 0) is 54.5 Å². The second-order valence-corrected chi connectivity index (χ2v) is 6.10. The monoisotopic (exact) mass is 305 g/mol. The number of fused-ring (bicyclic) bond motifs is 1.